The average molecular weight is 1580 g/mol. The molecule has 2 aliphatic heterocycles. The first-order valence-corrected chi connectivity index (χ1v) is 39.8. The molecule has 3 fully saturated rings. The Morgan fingerprint density at radius 3 is 1.73 bits per heavy atom. The number of pyridine rings is 2. The van der Waals surface area contributed by atoms with Gasteiger partial charge in [-0.1, -0.05) is 97.7 Å². The van der Waals surface area contributed by atoms with E-state index in [1.165, 1.54) is 33.9 Å². The number of piperidine rings is 2. The summed E-state index contributed by atoms with van der Waals surface area (Å²) in [5.41, 5.74) is 4.83. The topological polar surface area (TPSA) is 280 Å². The summed E-state index contributed by atoms with van der Waals surface area (Å²) in [6.07, 6.45) is 9.96. The molecule has 26 heteroatoms. The van der Waals surface area contributed by atoms with Crippen LogP contribution in [0.4, 0.5) is 10.1 Å². The van der Waals surface area contributed by atoms with Crippen molar-refractivity contribution < 1.29 is 43.3 Å². The molecule has 4 aromatic heterocycles. The maximum atomic E-state index is 15.6. The van der Waals surface area contributed by atoms with Gasteiger partial charge in [-0.25, -0.2) is 14.4 Å². The van der Waals surface area contributed by atoms with Gasteiger partial charge in [0.15, 0.2) is 0 Å². The predicted octanol–water partition coefficient (Wildman–Crippen LogP) is 12.0. The molecule has 5 N–H and O–H groups in total. The van der Waals surface area contributed by atoms with Crippen molar-refractivity contribution in [1.82, 2.24) is 59.3 Å². The second-order valence-electron chi connectivity index (χ2n) is 31.7. The summed E-state index contributed by atoms with van der Waals surface area (Å²) in [5.74, 6) is -2.05. The van der Waals surface area contributed by atoms with E-state index < -0.39 is 34.4 Å². The highest BCUT2D eigenvalue weighted by Crippen LogP contribution is 2.42. The van der Waals surface area contributed by atoms with E-state index in [2.05, 4.69) is 43.0 Å². The van der Waals surface area contributed by atoms with E-state index in [0.717, 1.165) is 57.1 Å². The van der Waals surface area contributed by atoms with Crippen LogP contribution >= 0.6 is 23.2 Å². The summed E-state index contributed by atoms with van der Waals surface area (Å²) in [6, 6.07) is 36.2. The van der Waals surface area contributed by atoms with Gasteiger partial charge >= 0.3 is 0 Å². The van der Waals surface area contributed by atoms with Gasteiger partial charge in [0.25, 0.3) is 22.9 Å². The number of carbonyl (C=O) groups is 5. The zero-order valence-electron chi connectivity index (χ0n) is 64.8. The van der Waals surface area contributed by atoms with Crippen LogP contribution in [0.1, 0.15) is 139 Å². The molecule has 1 saturated carbocycles. The minimum Gasteiger partial charge on any atom is -0.492 e. The van der Waals surface area contributed by atoms with Crippen LogP contribution in [0.25, 0.3) is 54.7 Å². The van der Waals surface area contributed by atoms with E-state index in [-0.39, 0.29) is 136 Å². The Bertz CT molecular complexity index is 5350. The van der Waals surface area contributed by atoms with Crippen molar-refractivity contribution in [3.05, 3.63) is 210 Å². The van der Waals surface area contributed by atoms with Crippen LogP contribution in [-0.2, 0) is 40.3 Å². The van der Waals surface area contributed by atoms with E-state index in [1.54, 1.807) is 58.5 Å². The monoisotopic (exact) mass is 1570 g/mol. The summed E-state index contributed by atoms with van der Waals surface area (Å²) in [4.78, 5) is 124. The molecule has 23 nitrogen and oxygen atoms in total. The summed E-state index contributed by atoms with van der Waals surface area (Å²) in [7, 11) is 7.57. The zero-order chi connectivity index (χ0) is 79.8. The number of anilines is 1. The number of fused-ring (bicyclic) bond motifs is 4. The lowest BCUT2D eigenvalue weighted by atomic mass is 9.87. The fourth-order valence-corrected chi connectivity index (χ4v) is 16.0. The van der Waals surface area contributed by atoms with Crippen LogP contribution in [0.3, 0.4) is 0 Å². The van der Waals surface area contributed by atoms with E-state index in [1.807, 2.05) is 106 Å². The number of rotatable bonds is 31. The van der Waals surface area contributed by atoms with Crippen LogP contribution in [0.2, 0.25) is 10.0 Å². The molecule has 13 rings (SSSR count). The lowest BCUT2D eigenvalue weighted by Gasteiger charge is -2.39. The van der Waals surface area contributed by atoms with Gasteiger partial charge in [0.1, 0.15) is 23.6 Å². The number of carbonyl (C=O) groups excluding carboxylic acids is 5. The molecule has 592 valence electrons. The number of likely N-dealkylation sites (tertiary alicyclic amines) is 2. The third-order valence-electron chi connectivity index (χ3n) is 22.1. The normalized spacial score (nSPS) is 15.5. The number of nitrogens with one attached hydrogen (secondary N) is 3. The number of benzene rings is 6. The predicted molar refractivity (Wildman–Crippen MR) is 438 cm³/mol. The van der Waals surface area contributed by atoms with Gasteiger partial charge in [-0.3, -0.25) is 52.7 Å². The van der Waals surface area contributed by atoms with E-state index >= 15 is 14.0 Å². The third kappa shape index (κ3) is 19.9. The number of hydrogen-bond donors (Lipinski definition) is 5. The van der Waals surface area contributed by atoms with Crippen molar-refractivity contribution in [3.8, 4) is 16.9 Å². The largest absolute Gasteiger partial charge is 0.492 e. The Kier molecular flexibility index (Phi) is 25.5. The fraction of sp³-hybridized carbons (Fsp3) is 0.414. The SMILES string of the molecule is CC(C)c1cnc2cc(C(=O)NCCC[C@H](Cc3cccc(-c4cccc(C[C@@H](CCCNC(=O)c5ccc6c(Cl)cc(C7CC7)nc6c5)C(=O)N5CCC(O)(Cn6cnc7cc(OCCN(C)C)cc(F)c7c6=O)CC5)c4)c3)C(=O)N3CCC(O)(Cn4cnc5cc(NC(=O)CCN(C)C)ccc5c4=O)CC3)ccc2c1Cl. The van der Waals surface area contributed by atoms with Crippen LogP contribution in [0.15, 0.2) is 150 Å². The molecule has 0 spiro atoms. The number of ether oxygens (including phenoxy) is 1. The molecule has 0 unspecified atom stereocenters. The van der Waals surface area contributed by atoms with Gasteiger partial charge in [0.2, 0.25) is 17.7 Å². The van der Waals surface area contributed by atoms with E-state index in [0.29, 0.717) is 119 Å². The van der Waals surface area contributed by atoms with E-state index in [4.69, 9.17) is 32.9 Å². The van der Waals surface area contributed by atoms with Gasteiger partial charge in [0.05, 0.1) is 74.4 Å². The fourth-order valence-electron chi connectivity index (χ4n) is 15.3. The maximum Gasteiger partial charge on any atom is 0.264 e. The van der Waals surface area contributed by atoms with Crippen LogP contribution < -0.4 is 31.8 Å². The number of amides is 5. The molecule has 0 bridgehead atoms. The highest BCUT2D eigenvalue weighted by Gasteiger charge is 2.39. The molecular formula is C87H98Cl2FN13O10. The van der Waals surface area contributed by atoms with Crippen LogP contribution in [-0.4, -0.2) is 187 Å². The molecule has 2 atom stereocenters. The standard InChI is InChI=1S/C87H98Cl2FN13O10/c1-54(2)69-49-93-73-43-60(20-23-67(73)79(69)89)80(105)91-30-9-15-62(82(107)100-33-26-86(111,27-34-100)50-102-52-94-74-45-64(21-24-68(74)84(102)109)96-77(104)25-32-98(3)4)41-55-11-7-13-58(39-55)59-14-8-12-56(40-59)42-63(16-10-31-92-81(106)61-19-22-66-70(88)48-72(57-17-18-57)97-75(66)44-61)83(108)101-35-28-87(112,29-36-101)51-103-53-95-76-47-65(113-38-37-99(5)6)46-71(90)78(76)85(103)110/h7-8,11-14,19-24,39-40,43-49,52-54,57,62-63,111-112H,9-10,15-18,25-38,41-42,50-51H2,1-6H3,(H,91,105)(H,92,106)(H,96,104)/t62-,63-/m1/s1. The van der Waals surface area contributed by atoms with Gasteiger partial charge < -0.3 is 50.5 Å². The number of nitrogens with zero attached hydrogens (tertiary/aromatic N) is 10. The van der Waals surface area contributed by atoms with Gasteiger partial charge in [0, 0.05) is 128 Å². The Morgan fingerprint density at radius 2 is 1.16 bits per heavy atom. The summed E-state index contributed by atoms with van der Waals surface area (Å²) in [5, 5.41) is 36.1. The molecular weight excluding hydrogens is 1480 g/mol. The Balaban J connectivity index is 0.701. The maximum absolute atomic E-state index is 15.6. The van der Waals surface area contributed by atoms with Crippen molar-refractivity contribution >= 4 is 102 Å². The quantitative estimate of drug-likeness (QED) is 0.0253. The number of halogens is 3. The lowest BCUT2D eigenvalue weighted by molar-refractivity contribution is -0.141. The second-order valence-corrected chi connectivity index (χ2v) is 32.5. The van der Waals surface area contributed by atoms with Crippen molar-refractivity contribution in [1.29, 1.82) is 0 Å². The van der Waals surface area contributed by atoms with Gasteiger partial charge in [-0.2, -0.15) is 0 Å². The van der Waals surface area contributed by atoms with Crippen LogP contribution in [0, 0.1) is 17.7 Å². The minimum absolute atomic E-state index is 0.0424. The van der Waals surface area contributed by atoms with E-state index in [9.17, 15) is 34.2 Å². The average Bonchev–Trinajstić information content (AvgIpc) is 1.74. The minimum atomic E-state index is -1.42. The van der Waals surface area contributed by atoms with Crippen molar-refractivity contribution in [2.45, 2.75) is 133 Å². The molecule has 10 aromatic rings. The van der Waals surface area contributed by atoms with Crippen molar-refractivity contribution in [2.75, 3.05) is 92.5 Å². The Hall–Kier alpha value is -10.1. The Labute approximate surface area is 665 Å². The molecule has 5 amide bonds. The van der Waals surface area contributed by atoms with Crippen LogP contribution in [0.5, 0.6) is 5.75 Å². The first-order chi connectivity index (χ1) is 54.2. The molecule has 6 heterocycles. The van der Waals surface area contributed by atoms with Crippen molar-refractivity contribution in [3.63, 3.8) is 0 Å². The molecule has 0 radical (unpaired) electrons. The molecule has 3 aliphatic rings. The number of hydrogen-bond acceptors (Lipinski definition) is 16. The summed E-state index contributed by atoms with van der Waals surface area (Å²) < 4.78 is 24.0. The number of aromatic nitrogens is 6. The van der Waals surface area contributed by atoms with Crippen molar-refractivity contribution in [2.24, 2.45) is 11.8 Å². The highest BCUT2D eigenvalue weighted by molar-refractivity contribution is 6.36. The molecule has 113 heavy (non-hydrogen) atoms. The zero-order valence-corrected chi connectivity index (χ0v) is 66.3. The van der Waals surface area contributed by atoms with Gasteiger partial charge in [-0.15, -0.1) is 0 Å². The molecule has 2 saturated heterocycles. The smallest absolute Gasteiger partial charge is 0.264 e. The Morgan fingerprint density at radius 1 is 0.619 bits per heavy atom. The second kappa shape index (κ2) is 35.5. The van der Waals surface area contributed by atoms with Gasteiger partial charge in [-0.05, 0) is 188 Å². The highest BCUT2D eigenvalue weighted by atomic mass is 35.5. The molecule has 1 aliphatic carbocycles. The summed E-state index contributed by atoms with van der Waals surface area (Å²) >= 11 is 13.5. The number of likely N-dealkylation sites (N-methyl/N-ethyl adjacent to an activating group) is 1. The number of aliphatic hydroxyl groups is 2. The summed E-state index contributed by atoms with van der Waals surface area (Å²) in [6.45, 7) is 6.75. The third-order valence-corrected chi connectivity index (χ3v) is 22.9. The molecule has 6 aromatic carbocycles. The first-order valence-electron chi connectivity index (χ1n) is 39.1. The lowest BCUT2D eigenvalue weighted by Crippen LogP contribution is -2.51. The first kappa shape index (κ1) is 81.0.